The number of hydrogen-bond donors (Lipinski definition) is 3. The van der Waals surface area contributed by atoms with Gasteiger partial charge in [-0.3, -0.25) is 0 Å². The maximum absolute atomic E-state index is 9.51. The molecule has 0 saturated heterocycles. The molecule has 6 nitrogen and oxygen atoms in total. The predicted molar refractivity (Wildman–Crippen MR) is 113 cm³/mol. The summed E-state index contributed by atoms with van der Waals surface area (Å²) in [5.74, 6) is 2.61. The second-order valence-electron chi connectivity index (χ2n) is 5.73. The number of guanidine groups is 1. The Morgan fingerprint density at radius 1 is 1.08 bits per heavy atom. The predicted octanol–water partition coefficient (Wildman–Crippen LogP) is 3.04. The Hall–Kier alpha value is -2.16. The molecule has 3 N–H and O–H groups in total. The molecule has 0 unspecified atom stereocenters. The number of nitrogens with one attached hydrogen (secondary N) is 2. The Balaban J connectivity index is 0.00000243. The minimum Gasteiger partial charge on any atom is -0.508 e. The van der Waals surface area contributed by atoms with E-state index in [0.717, 1.165) is 48.1 Å². The standard InChI is InChI=1S/C19H23N3O3.HI/c1-2-20-19(21-9-8-14-4-3-5-16(23)10-14)22-12-15-6-7-17-18(11-15)25-13-24-17;/h3-7,10-11,23H,2,8-9,12-13H2,1H3,(H2,20,21,22);1H. The Morgan fingerprint density at radius 3 is 2.73 bits per heavy atom. The van der Waals surface area contributed by atoms with E-state index in [9.17, 15) is 5.11 Å². The van der Waals surface area contributed by atoms with Gasteiger partial charge in [0.25, 0.3) is 0 Å². The van der Waals surface area contributed by atoms with E-state index in [1.165, 1.54) is 0 Å². The lowest BCUT2D eigenvalue weighted by Gasteiger charge is -2.11. The quantitative estimate of drug-likeness (QED) is 0.345. The molecule has 1 aliphatic heterocycles. The first-order valence-electron chi connectivity index (χ1n) is 8.43. The molecule has 0 aromatic heterocycles. The fourth-order valence-corrected chi connectivity index (χ4v) is 2.59. The van der Waals surface area contributed by atoms with Gasteiger partial charge in [-0.25, -0.2) is 4.99 Å². The summed E-state index contributed by atoms with van der Waals surface area (Å²) < 4.78 is 10.7. The summed E-state index contributed by atoms with van der Waals surface area (Å²) in [5.41, 5.74) is 2.15. The van der Waals surface area contributed by atoms with E-state index in [1.54, 1.807) is 12.1 Å². The van der Waals surface area contributed by atoms with Gasteiger partial charge >= 0.3 is 0 Å². The number of ether oxygens (including phenoxy) is 2. The molecule has 140 valence electrons. The number of nitrogens with zero attached hydrogens (tertiary/aromatic N) is 1. The Bertz CT molecular complexity index is 753. The molecule has 0 radical (unpaired) electrons. The minimum atomic E-state index is 0. The second kappa shape index (κ2) is 10.1. The van der Waals surface area contributed by atoms with Crippen LogP contribution in [0.15, 0.2) is 47.5 Å². The first-order valence-corrected chi connectivity index (χ1v) is 8.43. The van der Waals surface area contributed by atoms with E-state index >= 15 is 0 Å². The number of fused-ring (bicyclic) bond motifs is 1. The van der Waals surface area contributed by atoms with Crippen LogP contribution >= 0.6 is 24.0 Å². The summed E-state index contributed by atoms with van der Waals surface area (Å²) in [6.45, 7) is 4.39. The zero-order chi connectivity index (χ0) is 17.5. The van der Waals surface area contributed by atoms with Gasteiger partial charge in [-0.1, -0.05) is 18.2 Å². The molecule has 0 spiro atoms. The molecule has 2 aromatic rings. The van der Waals surface area contributed by atoms with Crippen molar-refractivity contribution in [1.29, 1.82) is 0 Å². The maximum Gasteiger partial charge on any atom is 0.231 e. The van der Waals surface area contributed by atoms with E-state index in [4.69, 9.17) is 9.47 Å². The van der Waals surface area contributed by atoms with Gasteiger partial charge in [0.1, 0.15) is 5.75 Å². The van der Waals surface area contributed by atoms with Crippen molar-refractivity contribution in [3.63, 3.8) is 0 Å². The molecular weight excluding hydrogens is 445 g/mol. The number of halogens is 1. The lowest BCUT2D eigenvalue weighted by Crippen LogP contribution is -2.38. The van der Waals surface area contributed by atoms with Crippen LogP contribution in [0.3, 0.4) is 0 Å². The monoisotopic (exact) mass is 469 g/mol. The van der Waals surface area contributed by atoms with Crippen molar-refractivity contribution in [1.82, 2.24) is 10.6 Å². The van der Waals surface area contributed by atoms with Gasteiger partial charge in [0.2, 0.25) is 6.79 Å². The summed E-state index contributed by atoms with van der Waals surface area (Å²) in [5, 5.41) is 16.1. The van der Waals surface area contributed by atoms with Gasteiger partial charge in [-0.2, -0.15) is 0 Å². The Morgan fingerprint density at radius 2 is 1.92 bits per heavy atom. The zero-order valence-electron chi connectivity index (χ0n) is 14.7. The largest absolute Gasteiger partial charge is 0.508 e. The van der Waals surface area contributed by atoms with Crippen molar-refractivity contribution in [3.8, 4) is 17.2 Å². The van der Waals surface area contributed by atoms with E-state index in [2.05, 4.69) is 15.6 Å². The van der Waals surface area contributed by atoms with Crippen molar-refractivity contribution < 1.29 is 14.6 Å². The highest BCUT2D eigenvalue weighted by Crippen LogP contribution is 2.32. The summed E-state index contributed by atoms with van der Waals surface area (Å²) in [6.07, 6.45) is 0.808. The molecule has 3 rings (SSSR count). The minimum absolute atomic E-state index is 0. The molecule has 0 amide bonds. The van der Waals surface area contributed by atoms with Crippen molar-refractivity contribution in [3.05, 3.63) is 53.6 Å². The Kier molecular flexibility index (Phi) is 7.83. The van der Waals surface area contributed by atoms with E-state index in [0.29, 0.717) is 12.3 Å². The number of aliphatic imine (C=N–C) groups is 1. The molecular formula is C19H24IN3O3. The highest BCUT2D eigenvalue weighted by molar-refractivity contribution is 14.0. The van der Waals surface area contributed by atoms with Gasteiger partial charge in [0, 0.05) is 13.1 Å². The summed E-state index contributed by atoms with van der Waals surface area (Å²) in [7, 11) is 0. The van der Waals surface area contributed by atoms with Crippen LogP contribution in [-0.4, -0.2) is 30.9 Å². The molecule has 7 heteroatoms. The SMILES string of the molecule is CCNC(=NCc1ccc2c(c1)OCO2)NCCc1cccc(O)c1.I. The number of rotatable bonds is 6. The molecule has 0 bridgehead atoms. The number of phenols is 1. The Labute approximate surface area is 170 Å². The first-order chi connectivity index (χ1) is 12.2. The molecule has 1 heterocycles. The van der Waals surface area contributed by atoms with Crippen molar-refractivity contribution in [2.75, 3.05) is 19.9 Å². The fraction of sp³-hybridized carbons (Fsp3) is 0.316. The van der Waals surface area contributed by atoms with Crippen LogP contribution in [0.25, 0.3) is 0 Å². The number of benzene rings is 2. The van der Waals surface area contributed by atoms with Crippen LogP contribution in [0.5, 0.6) is 17.2 Å². The second-order valence-corrected chi connectivity index (χ2v) is 5.73. The molecule has 2 aromatic carbocycles. The lowest BCUT2D eigenvalue weighted by molar-refractivity contribution is 0.174. The van der Waals surface area contributed by atoms with Gasteiger partial charge in [0.05, 0.1) is 6.54 Å². The third-order valence-corrected chi connectivity index (χ3v) is 3.82. The van der Waals surface area contributed by atoms with E-state index in [-0.39, 0.29) is 30.8 Å². The number of aromatic hydroxyl groups is 1. The summed E-state index contributed by atoms with van der Waals surface area (Å²) in [6, 6.07) is 13.2. The first kappa shape index (κ1) is 20.2. The van der Waals surface area contributed by atoms with Gasteiger partial charge in [0.15, 0.2) is 17.5 Å². The van der Waals surface area contributed by atoms with Gasteiger partial charge in [-0.15, -0.1) is 24.0 Å². The van der Waals surface area contributed by atoms with Crippen LogP contribution in [-0.2, 0) is 13.0 Å². The van der Waals surface area contributed by atoms with Crippen molar-refractivity contribution >= 4 is 29.9 Å². The average molecular weight is 469 g/mol. The highest BCUT2D eigenvalue weighted by atomic mass is 127. The molecule has 1 aliphatic rings. The lowest BCUT2D eigenvalue weighted by atomic mass is 10.1. The highest BCUT2D eigenvalue weighted by Gasteiger charge is 2.12. The third kappa shape index (κ3) is 5.69. The van der Waals surface area contributed by atoms with E-state index < -0.39 is 0 Å². The third-order valence-electron chi connectivity index (χ3n) is 3.82. The summed E-state index contributed by atoms with van der Waals surface area (Å²) >= 11 is 0. The normalized spacial score (nSPS) is 12.4. The zero-order valence-corrected chi connectivity index (χ0v) is 17.0. The number of hydrogen-bond acceptors (Lipinski definition) is 4. The fourth-order valence-electron chi connectivity index (χ4n) is 2.59. The van der Waals surface area contributed by atoms with Gasteiger partial charge in [-0.05, 0) is 48.7 Å². The van der Waals surface area contributed by atoms with Crippen LogP contribution in [0.2, 0.25) is 0 Å². The average Bonchev–Trinajstić information content (AvgIpc) is 3.07. The van der Waals surface area contributed by atoms with Crippen molar-refractivity contribution in [2.24, 2.45) is 4.99 Å². The summed E-state index contributed by atoms with van der Waals surface area (Å²) in [4.78, 5) is 4.61. The van der Waals surface area contributed by atoms with Gasteiger partial charge < -0.3 is 25.2 Å². The van der Waals surface area contributed by atoms with Crippen LogP contribution in [0.4, 0.5) is 0 Å². The molecule has 0 fully saturated rings. The van der Waals surface area contributed by atoms with Crippen LogP contribution in [0.1, 0.15) is 18.1 Å². The van der Waals surface area contributed by atoms with Crippen LogP contribution < -0.4 is 20.1 Å². The van der Waals surface area contributed by atoms with Crippen LogP contribution in [0, 0.1) is 0 Å². The molecule has 0 saturated carbocycles. The van der Waals surface area contributed by atoms with E-state index in [1.807, 2.05) is 37.3 Å². The molecule has 26 heavy (non-hydrogen) atoms. The molecule has 0 aliphatic carbocycles. The smallest absolute Gasteiger partial charge is 0.231 e. The van der Waals surface area contributed by atoms with Crippen molar-refractivity contribution in [2.45, 2.75) is 19.9 Å². The topological polar surface area (TPSA) is 75.1 Å². The number of phenolic OH excluding ortho intramolecular Hbond substituents is 1. The maximum atomic E-state index is 9.51. The molecule has 0 atom stereocenters.